The molecule has 1 atom stereocenters. The average molecular weight is 260 g/mol. The summed E-state index contributed by atoms with van der Waals surface area (Å²) < 4.78 is 5.27. The van der Waals surface area contributed by atoms with Crippen molar-refractivity contribution in [2.75, 3.05) is 7.11 Å². The molecule has 0 saturated heterocycles. The molecule has 1 amide bonds. The van der Waals surface area contributed by atoms with Crippen LogP contribution in [0.2, 0.25) is 0 Å². The Kier molecular flexibility index (Phi) is 6.05. The second kappa shape index (κ2) is 6.31. The van der Waals surface area contributed by atoms with Gasteiger partial charge in [0.2, 0.25) is 0 Å². The van der Waals surface area contributed by atoms with Crippen LogP contribution < -0.4 is 11.1 Å². The van der Waals surface area contributed by atoms with E-state index in [1.807, 2.05) is 20.8 Å². The number of ether oxygens (including phenoxy) is 1. The SMILES string of the molecule is CCC(CC)(NC(=O)C(C)(CC)OC)C(N)=S. The summed E-state index contributed by atoms with van der Waals surface area (Å²) in [6.07, 6.45) is 1.94. The van der Waals surface area contributed by atoms with E-state index in [0.29, 0.717) is 24.3 Å². The lowest BCUT2D eigenvalue weighted by Crippen LogP contribution is -2.60. The topological polar surface area (TPSA) is 64.3 Å². The highest BCUT2D eigenvalue weighted by molar-refractivity contribution is 7.80. The first-order valence-corrected chi connectivity index (χ1v) is 6.40. The van der Waals surface area contributed by atoms with Gasteiger partial charge >= 0.3 is 0 Å². The van der Waals surface area contributed by atoms with Crippen molar-refractivity contribution in [3.05, 3.63) is 0 Å². The van der Waals surface area contributed by atoms with Gasteiger partial charge in [0.1, 0.15) is 5.60 Å². The molecule has 0 saturated carbocycles. The highest BCUT2D eigenvalue weighted by atomic mass is 32.1. The van der Waals surface area contributed by atoms with E-state index >= 15 is 0 Å². The molecule has 0 aromatic carbocycles. The number of hydrogen-bond donors (Lipinski definition) is 2. The highest BCUT2D eigenvalue weighted by Gasteiger charge is 2.38. The summed E-state index contributed by atoms with van der Waals surface area (Å²) >= 11 is 5.06. The Labute approximate surface area is 109 Å². The van der Waals surface area contributed by atoms with Gasteiger partial charge in [-0.05, 0) is 26.2 Å². The number of rotatable bonds is 7. The van der Waals surface area contributed by atoms with Crippen LogP contribution in [-0.2, 0) is 9.53 Å². The molecular formula is C12H24N2O2S. The maximum absolute atomic E-state index is 12.2. The van der Waals surface area contributed by atoms with Crippen molar-refractivity contribution in [1.82, 2.24) is 5.32 Å². The average Bonchev–Trinajstić information content (AvgIpc) is 2.34. The molecule has 5 heteroatoms. The molecular weight excluding hydrogens is 236 g/mol. The molecule has 0 spiro atoms. The number of hydrogen-bond acceptors (Lipinski definition) is 3. The molecule has 0 bridgehead atoms. The van der Waals surface area contributed by atoms with E-state index in [1.54, 1.807) is 6.92 Å². The van der Waals surface area contributed by atoms with Gasteiger partial charge in [0.05, 0.1) is 10.5 Å². The minimum atomic E-state index is -0.833. The lowest BCUT2D eigenvalue weighted by molar-refractivity contribution is -0.143. The number of carbonyl (C=O) groups is 1. The maximum Gasteiger partial charge on any atom is 0.252 e. The van der Waals surface area contributed by atoms with Crippen molar-refractivity contribution in [3.8, 4) is 0 Å². The fraction of sp³-hybridized carbons (Fsp3) is 0.833. The molecule has 0 rings (SSSR count). The molecule has 0 aliphatic carbocycles. The summed E-state index contributed by atoms with van der Waals surface area (Å²) in [4.78, 5) is 12.5. The van der Waals surface area contributed by atoms with Crippen LogP contribution in [0.4, 0.5) is 0 Å². The van der Waals surface area contributed by atoms with Crippen LogP contribution in [0.5, 0.6) is 0 Å². The fourth-order valence-electron chi connectivity index (χ4n) is 1.58. The molecule has 0 radical (unpaired) electrons. The number of carbonyl (C=O) groups excluding carboxylic acids is 1. The van der Waals surface area contributed by atoms with E-state index < -0.39 is 11.1 Å². The van der Waals surface area contributed by atoms with Crippen molar-refractivity contribution < 1.29 is 9.53 Å². The standard InChI is InChI=1S/C12H24N2O2S/c1-6-11(4,16-5)10(15)14-12(7-2,8-3)9(13)17/h6-8H2,1-5H3,(H2,13,17)(H,14,15). The van der Waals surface area contributed by atoms with Crippen LogP contribution in [0.1, 0.15) is 47.0 Å². The molecule has 4 nitrogen and oxygen atoms in total. The second-order valence-corrected chi connectivity index (χ2v) is 4.84. The van der Waals surface area contributed by atoms with E-state index in [0.717, 1.165) is 0 Å². The third-order valence-corrected chi connectivity index (χ3v) is 4.03. The Morgan fingerprint density at radius 3 is 2.00 bits per heavy atom. The van der Waals surface area contributed by atoms with Crippen LogP contribution in [-0.4, -0.2) is 29.1 Å². The molecule has 0 aromatic heterocycles. The van der Waals surface area contributed by atoms with Gasteiger partial charge < -0.3 is 15.8 Å². The van der Waals surface area contributed by atoms with Gasteiger partial charge in [-0.25, -0.2) is 0 Å². The Hall–Kier alpha value is -0.680. The molecule has 3 N–H and O–H groups in total. The van der Waals surface area contributed by atoms with E-state index in [1.165, 1.54) is 7.11 Å². The molecule has 1 unspecified atom stereocenters. The number of amides is 1. The normalized spacial score (nSPS) is 15.1. The van der Waals surface area contributed by atoms with Crippen molar-refractivity contribution in [3.63, 3.8) is 0 Å². The number of methoxy groups -OCH3 is 1. The van der Waals surface area contributed by atoms with Crippen molar-refractivity contribution >= 4 is 23.1 Å². The van der Waals surface area contributed by atoms with Crippen molar-refractivity contribution in [2.45, 2.75) is 58.1 Å². The monoisotopic (exact) mass is 260 g/mol. The molecule has 0 fully saturated rings. The first kappa shape index (κ1) is 16.3. The van der Waals surface area contributed by atoms with Gasteiger partial charge in [0.25, 0.3) is 5.91 Å². The third-order valence-electron chi connectivity index (χ3n) is 3.64. The van der Waals surface area contributed by atoms with Gasteiger partial charge in [-0.3, -0.25) is 4.79 Å². The second-order valence-electron chi connectivity index (χ2n) is 4.40. The van der Waals surface area contributed by atoms with Gasteiger partial charge in [0.15, 0.2) is 0 Å². The largest absolute Gasteiger partial charge is 0.391 e. The lowest BCUT2D eigenvalue weighted by Gasteiger charge is -2.36. The Morgan fingerprint density at radius 2 is 1.76 bits per heavy atom. The Morgan fingerprint density at radius 1 is 1.29 bits per heavy atom. The van der Waals surface area contributed by atoms with Crippen LogP contribution in [0.3, 0.4) is 0 Å². The summed E-state index contributed by atoms with van der Waals surface area (Å²) in [6.45, 7) is 7.58. The lowest BCUT2D eigenvalue weighted by atomic mass is 9.90. The van der Waals surface area contributed by atoms with Crippen LogP contribution in [0.25, 0.3) is 0 Å². The van der Waals surface area contributed by atoms with Crippen LogP contribution >= 0.6 is 12.2 Å². The Bertz CT molecular complexity index is 284. The summed E-state index contributed by atoms with van der Waals surface area (Å²) in [5.41, 5.74) is 4.30. The first-order chi connectivity index (χ1) is 7.81. The summed E-state index contributed by atoms with van der Waals surface area (Å²) in [5.74, 6) is -0.168. The summed E-state index contributed by atoms with van der Waals surface area (Å²) in [6, 6.07) is 0. The fourth-order valence-corrected chi connectivity index (χ4v) is 1.92. The first-order valence-electron chi connectivity index (χ1n) is 5.99. The molecule has 0 aliphatic heterocycles. The molecule has 0 aliphatic rings. The quantitative estimate of drug-likeness (QED) is 0.685. The molecule has 100 valence electrons. The molecule has 0 heterocycles. The number of thiocarbonyl (C=S) groups is 1. The van der Waals surface area contributed by atoms with E-state index in [-0.39, 0.29) is 5.91 Å². The minimum Gasteiger partial charge on any atom is -0.391 e. The predicted octanol–water partition coefficient (Wildman–Crippen LogP) is 1.76. The zero-order valence-electron chi connectivity index (χ0n) is 11.4. The van der Waals surface area contributed by atoms with Crippen molar-refractivity contribution in [2.24, 2.45) is 5.73 Å². The number of nitrogens with one attached hydrogen (secondary N) is 1. The van der Waals surface area contributed by atoms with Gasteiger partial charge in [0, 0.05) is 7.11 Å². The minimum absolute atomic E-state index is 0.168. The zero-order chi connectivity index (χ0) is 13.7. The van der Waals surface area contributed by atoms with E-state index in [9.17, 15) is 4.79 Å². The maximum atomic E-state index is 12.2. The molecule has 0 aromatic rings. The van der Waals surface area contributed by atoms with Crippen LogP contribution in [0.15, 0.2) is 0 Å². The highest BCUT2D eigenvalue weighted by Crippen LogP contribution is 2.20. The van der Waals surface area contributed by atoms with Gasteiger partial charge in [-0.15, -0.1) is 0 Å². The van der Waals surface area contributed by atoms with Crippen molar-refractivity contribution in [1.29, 1.82) is 0 Å². The van der Waals surface area contributed by atoms with E-state index in [2.05, 4.69) is 5.32 Å². The van der Waals surface area contributed by atoms with Gasteiger partial charge in [-0.1, -0.05) is 33.0 Å². The van der Waals surface area contributed by atoms with E-state index in [4.69, 9.17) is 22.7 Å². The predicted molar refractivity (Wildman–Crippen MR) is 73.9 cm³/mol. The molecule has 17 heavy (non-hydrogen) atoms. The van der Waals surface area contributed by atoms with Gasteiger partial charge in [-0.2, -0.15) is 0 Å². The summed E-state index contributed by atoms with van der Waals surface area (Å²) in [7, 11) is 1.53. The van der Waals surface area contributed by atoms with Crippen LogP contribution in [0, 0.1) is 0 Å². The number of nitrogens with two attached hydrogens (primary N) is 1. The smallest absolute Gasteiger partial charge is 0.252 e. The third kappa shape index (κ3) is 3.39. The zero-order valence-corrected chi connectivity index (χ0v) is 12.2. The summed E-state index contributed by atoms with van der Waals surface area (Å²) in [5, 5.41) is 2.94. The Balaban J connectivity index is 5.03.